The fourth-order valence-corrected chi connectivity index (χ4v) is 1.45. The molecule has 0 amide bonds. The third-order valence-corrected chi connectivity index (χ3v) is 2.08. The van der Waals surface area contributed by atoms with Crippen LogP contribution in [0, 0.1) is 0 Å². The van der Waals surface area contributed by atoms with Crippen molar-refractivity contribution in [1.29, 1.82) is 0 Å². The van der Waals surface area contributed by atoms with Gasteiger partial charge in [0.15, 0.2) is 6.23 Å². The molecule has 1 aromatic rings. The molecule has 1 heterocycles. The fraction of sp³-hybridized carbons (Fsp3) is 0.333. The predicted octanol–water partition coefficient (Wildman–Crippen LogP) is 2.65. The first-order chi connectivity index (χ1) is 6.40. The summed E-state index contributed by atoms with van der Waals surface area (Å²) in [6.45, 7) is 0. The normalized spacial score (nSPS) is 19.5. The summed E-state index contributed by atoms with van der Waals surface area (Å²) in [5.41, 5.74) is 9.43. The average molecular weight is 175 g/mol. The van der Waals surface area contributed by atoms with Gasteiger partial charge in [0.25, 0.3) is 0 Å². The minimum atomic E-state index is -0.333. The molecule has 66 valence electrons. The summed E-state index contributed by atoms with van der Waals surface area (Å²) in [6.07, 6.45) is 1.35. The molecule has 0 spiro atoms. The van der Waals surface area contributed by atoms with Crippen LogP contribution in [0.15, 0.2) is 29.4 Å². The Hall–Kier alpha value is -1.67. The quantitative estimate of drug-likeness (QED) is 0.367. The van der Waals surface area contributed by atoms with Crippen LogP contribution in [0.5, 0.6) is 5.75 Å². The van der Waals surface area contributed by atoms with Crippen molar-refractivity contribution >= 4 is 0 Å². The van der Waals surface area contributed by atoms with E-state index in [4.69, 9.17) is 10.3 Å². The van der Waals surface area contributed by atoms with E-state index in [2.05, 4.69) is 10.0 Å². The second-order valence-electron chi connectivity index (χ2n) is 2.92. The standard InChI is InChI=1S/C9H9N3O/c10-12-11-9-6-5-7-3-1-2-4-8(7)13-9/h1-4,9H,5-6H2. The Labute approximate surface area is 75.8 Å². The summed E-state index contributed by atoms with van der Waals surface area (Å²) in [6, 6.07) is 7.82. The Morgan fingerprint density at radius 1 is 1.46 bits per heavy atom. The van der Waals surface area contributed by atoms with Crippen molar-refractivity contribution in [3.63, 3.8) is 0 Å². The van der Waals surface area contributed by atoms with E-state index in [0.717, 1.165) is 18.6 Å². The van der Waals surface area contributed by atoms with Crippen molar-refractivity contribution in [1.82, 2.24) is 0 Å². The molecule has 1 unspecified atom stereocenters. The molecule has 1 aliphatic heterocycles. The zero-order chi connectivity index (χ0) is 9.10. The van der Waals surface area contributed by atoms with E-state index in [1.54, 1.807) is 0 Å². The lowest BCUT2D eigenvalue weighted by Gasteiger charge is -2.22. The number of fused-ring (bicyclic) bond motifs is 1. The molecule has 0 bridgehead atoms. The van der Waals surface area contributed by atoms with Crippen molar-refractivity contribution in [2.75, 3.05) is 0 Å². The van der Waals surface area contributed by atoms with E-state index in [-0.39, 0.29) is 6.23 Å². The maximum atomic E-state index is 8.24. The van der Waals surface area contributed by atoms with E-state index in [1.807, 2.05) is 24.3 Å². The molecule has 1 aliphatic rings. The first kappa shape index (κ1) is 7.95. The Balaban J connectivity index is 2.24. The van der Waals surface area contributed by atoms with Crippen LogP contribution in [-0.4, -0.2) is 6.23 Å². The molecule has 0 radical (unpaired) electrons. The van der Waals surface area contributed by atoms with Crippen molar-refractivity contribution in [2.45, 2.75) is 19.1 Å². The highest BCUT2D eigenvalue weighted by molar-refractivity contribution is 5.34. The van der Waals surface area contributed by atoms with Crippen LogP contribution in [0.2, 0.25) is 0 Å². The SMILES string of the molecule is [N-]=[N+]=NC1CCc2ccccc2O1. The van der Waals surface area contributed by atoms with Gasteiger partial charge in [0.05, 0.1) is 0 Å². The Kier molecular flexibility index (Phi) is 2.06. The van der Waals surface area contributed by atoms with E-state index in [1.165, 1.54) is 5.56 Å². The van der Waals surface area contributed by atoms with Gasteiger partial charge in [-0.25, -0.2) is 0 Å². The van der Waals surface area contributed by atoms with E-state index >= 15 is 0 Å². The highest BCUT2D eigenvalue weighted by atomic mass is 16.5. The number of aryl methyl sites for hydroxylation is 1. The topological polar surface area (TPSA) is 58.0 Å². The Morgan fingerprint density at radius 2 is 2.31 bits per heavy atom. The molecule has 0 aromatic heterocycles. The lowest BCUT2D eigenvalue weighted by Crippen LogP contribution is -2.19. The molecule has 0 saturated heterocycles. The summed E-state index contributed by atoms with van der Waals surface area (Å²) in [4.78, 5) is 2.73. The number of para-hydroxylation sites is 1. The average Bonchev–Trinajstić information content (AvgIpc) is 2.18. The van der Waals surface area contributed by atoms with Gasteiger partial charge in [-0.1, -0.05) is 18.2 Å². The number of hydrogen-bond donors (Lipinski definition) is 0. The van der Waals surface area contributed by atoms with Crippen LogP contribution < -0.4 is 4.74 Å². The Morgan fingerprint density at radius 3 is 3.15 bits per heavy atom. The second kappa shape index (κ2) is 3.37. The zero-order valence-corrected chi connectivity index (χ0v) is 7.05. The van der Waals surface area contributed by atoms with Crippen LogP contribution in [0.3, 0.4) is 0 Å². The fourth-order valence-electron chi connectivity index (χ4n) is 1.45. The van der Waals surface area contributed by atoms with Gasteiger partial charge in [0, 0.05) is 4.91 Å². The summed E-state index contributed by atoms with van der Waals surface area (Å²) in [5, 5.41) is 3.54. The van der Waals surface area contributed by atoms with Crippen LogP contribution in [0.4, 0.5) is 0 Å². The third-order valence-electron chi connectivity index (χ3n) is 2.08. The van der Waals surface area contributed by atoms with Crippen LogP contribution in [0.1, 0.15) is 12.0 Å². The number of rotatable bonds is 1. The second-order valence-corrected chi connectivity index (χ2v) is 2.92. The first-order valence-electron chi connectivity index (χ1n) is 4.19. The van der Waals surface area contributed by atoms with E-state index < -0.39 is 0 Å². The maximum Gasteiger partial charge on any atom is 0.178 e. The van der Waals surface area contributed by atoms with Crippen molar-refractivity contribution in [2.24, 2.45) is 5.11 Å². The highest BCUT2D eigenvalue weighted by Crippen LogP contribution is 2.27. The lowest BCUT2D eigenvalue weighted by molar-refractivity contribution is 0.181. The molecule has 1 aromatic carbocycles. The number of benzene rings is 1. The number of azide groups is 1. The molecular formula is C9H9N3O. The van der Waals surface area contributed by atoms with Gasteiger partial charge >= 0.3 is 0 Å². The van der Waals surface area contributed by atoms with Crippen LogP contribution in [0.25, 0.3) is 10.4 Å². The minimum Gasteiger partial charge on any atom is -0.484 e. The number of nitrogens with zero attached hydrogens (tertiary/aromatic N) is 3. The molecule has 0 N–H and O–H groups in total. The molecule has 4 nitrogen and oxygen atoms in total. The summed E-state index contributed by atoms with van der Waals surface area (Å²) in [5.74, 6) is 0.839. The summed E-state index contributed by atoms with van der Waals surface area (Å²) >= 11 is 0. The van der Waals surface area contributed by atoms with Gasteiger partial charge in [-0.3, -0.25) is 0 Å². The monoisotopic (exact) mass is 175 g/mol. The lowest BCUT2D eigenvalue weighted by atomic mass is 10.1. The molecule has 4 heteroatoms. The van der Waals surface area contributed by atoms with Crippen LogP contribution >= 0.6 is 0 Å². The van der Waals surface area contributed by atoms with Crippen molar-refractivity contribution < 1.29 is 4.74 Å². The Bertz CT molecular complexity index is 358. The molecule has 2 rings (SSSR count). The predicted molar refractivity (Wildman–Crippen MR) is 48.3 cm³/mol. The molecule has 0 fully saturated rings. The minimum absolute atomic E-state index is 0.333. The third kappa shape index (κ3) is 1.58. The van der Waals surface area contributed by atoms with Gasteiger partial charge in [-0.05, 0) is 35.1 Å². The van der Waals surface area contributed by atoms with Crippen molar-refractivity contribution in [3.8, 4) is 5.75 Å². The molecule has 0 saturated carbocycles. The van der Waals surface area contributed by atoms with Crippen molar-refractivity contribution in [3.05, 3.63) is 40.3 Å². The van der Waals surface area contributed by atoms with Gasteiger partial charge in [0.1, 0.15) is 5.75 Å². The van der Waals surface area contributed by atoms with E-state index in [9.17, 15) is 0 Å². The molecule has 1 atom stereocenters. The van der Waals surface area contributed by atoms with Gasteiger partial charge < -0.3 is 4.74 Å². The molecular weight excluding hydrogens is 166 g/mol. The van der Waals surface area contributed by atoms with Gasteiger partial charge in [0.2, 0.25) is 0 Å². The van der Waals surface area contributed by atoms with Gasteiger partial charge in [-0.15, -0.1) is 0 Å². The van der Waals surface area contributed by atoms with Crippen LogP contribution in [-0.2, 0) is 6.42 Å². The smallest absolute Gasteiger partial charge is 0.178 e. The molecule has 13 heavy (non-hydrogen) atoms. The number of hydrogen-bond acceptors (Lipinski definition) is 2. The first-order valence-corrected chi connectivity index (χ1v) is 4.19. The summed E-state index contributed by atoms with van der Waals surface area (Å²) < 4.78 is 5.45. The highest BCUT2D eigenvalue weighted by Gasteiger charge is 2.17. The molecule has 0 aliphatic carbocycles. The number of ether oxygens (including phenoxy) is 1. The summed E-state index contributed by atoms with van der Waals surface area (Å²) in [7, 11) is 0. The van der Waals surface area contributed by atoms with E-state index in [0.29, 0.717) is 0 Å². The van der Waals surface area contributed by atoms with Gasteiger partial charge in [-0.2, -0.15) is 0 Å². The maximum absolute atomic E-state index is 8.24. The zero-order valence-electron chi connectivity index (χ0n) is 7.05. The largest absolute Gasteiger partial charge is 0.484 e.